The van der Waals surface area contributed by atoms with E-state index in [0.717, 1.165) is 31.2 Å². The second-order valence-electron chi connectivity index (χ2n) is 9.54. The van der Waals surface area contributed by atoms with E-state index in [-0.39, 0.29) is 12.0 Å². The predicted molar refractivity (Wildman–Crippen MR) is 119 cm³/mol. The minimum Gasteiger partial charge on any atom is -0.481 e. The molecule has 0 spiro atoms. The van der Waals surface area contributed by atoms with Crippen molar-refractivity contribution in [2.24, 2.45) is 17.3 Å². The third kappa shape index (κ3) is 5.41. The van der Waals surface area contributed by atoms with Gasteiger partial charge in [-0.2, -0.15) is 0 Å². The number of carbonyl (C=O) groups is 1. The summed E-state index contributed by atoms with van der Waals surface area (Å²) < 4.78 is 6.17. The molecule has 2 N–H and O–H groups in total. The molecule has 3 rings (SSSR count). The van der Waals surface area contributed by atoms with E-state index < -0.39 is 17.5 Å². The maximum Gasteiger partial charge on any atom is 0.309 e. The molecule has 1 aromatic rings. The monoisotopic (exact) mass is 412 g/mol. The molecule has 164 valence electrons. The molecule has 2 aliphatic rings. The van der Waals surface area contributed by atoms with Crippen LogP contribution < -0.4 is 0 Å². The van der Waals surface area contributed by atoms with E-state index in [2.05, 4.69) is 37.3 Å². The van der Waals surface area contributed by atoms with E-state index in [0.29, 0.717) is 24.4 Å². The largest absolute Gasteiger partial charge is 0.481 e. The van der Waals surface area contributed by atoms with Crippen LogP contribution in [0.2, 0.25) is 0 Å². The van der Waals surface area contributed by atoms with Crippen LogP contribution >= 0.6 is 0 Å². The summed E-state index contributed by atoms with van der Waals surface area (Å²) in [6.45, 7) is 5.60. The number of carboxylic acids is 1. The van der Waals surface area contributed by atoms with Crippen molar-refractivity contribution in [1.82, 2.24) is 0 Å². The highest BCUT2D eigenvalue weighted by Crippen LogP contribution is 2.46. The first kappa shape index (κ1) is 22.8. The van der Waals surface area contributed by atoms with Gasteiger partial charge in [0.2, 0.25) is 0 Å². The minimum atomic E-state index is -0.745. The molecule has 0 aromatic heterocycles. The van der Waals surface area contributed by atoms with Gasteiger partial charge >= 0.3 is 5.97 Å². The Kier molecular flexibility index (Phi) is 7.54. The van der Waals surface area contributed by atoms with Gasteiger partial charge in [-0.15, -0.1) is 0 Å². The summed E-state index contributed by atoms with van der Waals surface area (Å²) in [7, 11) is 0. The lowest BCUT2D eigenvalue weighted by Gasteiger charge is -2.25. The molecule has 0 saturated carbocycles. The van der Waals surface area contributed by atoms with Gasteiger partial charge in [-0.3, -0.25) is 4.79 Å². The third-order valence-corrected chi connectivity index (χ3v) is 6.94. The van der Waals surface area contributed by atoms with Crippen molar-refractivity contribution in [2.75, 3.05) is 0 Å². The van der Waals surface area contributed by atoms with E-state index in [4.69, 9.17) is 4.74 Å². The van der Waals surface area contributed by atoms with Gasteiger partial charge in [0.05, 0.1) is 23.7 Å². The molecule has 30 heavy (non-hydrogen) atoms. The Morgan fingerprint density at radius 2 is 1.90 bits per heavy atom. The normalized spacial score (nSPS) is 28.4. The second-order valence-corrected chi connectivity index (χ2v) is 9.54. The molecule has 2 saturated heterocycles. The number of rotatable bonds is 10. The number of carboxylic acid groups (broad SMARTS) is 1. The van der Waals surface area contributed by atoms with Crippen molar-refractivity contribution in [3.05, 3.63) is 60.2 Å². The fraction of sp³-hybridized carbons (Fsp3) is 0.577. The van der Waals surface area contributed by atoms with E-state index in [1.807, 2.05) is 24.3 Å². The number of hydrogen-bond donors (Lipinski definition) is 2. The molecule has 1 aromatic carbocycles. The van der Waals surface area contributed by atoms with Crippen molar-refractivity contribution in [2.45, 2.75) is 77.1 Å². The van der Waals surface area contributed by atoms with Gasteiger partial charge in [-0.05, 0) is 57.4 Å². The first-order chi connectivity index (χ1) is 14.3. The summed E-state index contributed by atoms with van der Waals surface area (Å²) in [6.07, 6.45) is 13.0. The molecule has 2 aliphatic heterocycles. The molecular formula is C26H36O4. The first-order valence-electron chi connectivity index (χ1n) is 11.2. The zero-order valence-corrected chi connectivity index (χ0v) is 18.4. The molecule has 0 radical (unpaired) electrons. The lowest BCUT2D eigenvalue weighted by atomic mass is 9.77. The van der Waals surface area contributed by atoms with Crippen LogP contribution in [0.5, 0.6) is 0 Å². The smallest absolute Gasteiger partial charge is 0.309 e. The zero-order chi connectivity index (χ0) is 21.7. The van der Waals surface area contributed by atoms with Crippen molar-refractivity contribution in [3.63, 3.8) is 0 Å². The molecular weight excluding hydrogens is 376 g/mol. The zero-order valence-electron chi connectivity index (χ0n) is 18.4. The summed E-state index contributed by atoms with van der Waals surface area (Å²) in [4.78, 5) is 11.2. The highest BCUT2D eigenvalue weighted by Gasteiger charge is 2.46. The number of benzene rings is 1. The standard InChI is InChI=1S/C26H36O4/c1-18(19-10-6-4-7-11-19)22(27)14-13-21-20(23-15-16-24(21)30-23)12-8-5-9-17-26(2,3)25(28)29/h4-8,10-11,13-14,18,20-24,27H,9,12,15-17H2,1-3H3,(H,28,29)/b8-5-,14-13+/t18-,20+,21-,22-,23-,24+/m0/s1. The average molecular weight is 413 g/mol. The fourth-order valence-corrected chi connectivity index (χ4v) is 4.67. The van der Waals surface area contributed by atoms with Gasteiger partial charge < -0.3 is 14.9 Å². The quantitative estimate of drug-likeness (QED) is 0.509. The van der Waals surface area contributed by atoms with Crippen molar-refractivity contribution < 1.29 is 19.7 Å². The Balaban J connectivity index is 1.55. The van der Waals surface area contributed by atoms with Gasteiger partial charge in [0.1, 0.15) is 0 Å². The van der Waals surface area contributed by atoms with E-state index in [1.54, 1.807) is 13.8 Å². The Hall–Kier alpha value is -1.91. The molecule has 4 heteroatoms. The SMILES string of the molecule is C[C@@H](c1ccccc1)[C@@H](O)/C=C/[C@H]1[C@@H](C/C=C\CCC(C)(C)C(=O)O)[C@@H]2CC[C@H]1O2. The van der Waals surface area contributed by atoms with Crippen LogP contribution in [-0.2, 0) is 9.53 Å². The molecule has 2 fully saturated rings. The number of ether oxygens (including phenoxy) is 1. The fourth-order valence-electron chi connectivity index (χ4n) is 4.67. The summed E-state index contributed by atoms with van der Waals surface area (Å²) in [6, 6.07) is 10.1. The summed E-state index contributed by atoms with van der Waals surface area (Å²) in [5.41, 5.74) is 0.458. The third-order valence-electron chi connectivity index (χ3n) is 6.94. The van der Waals surface area contributed by atoms with Gasteiger partial charge in [0.15, 0.2) is 0 Å². The Morgan fingerprint density at radius 1 is 1.20 bits per heavy atom. The van der Waals surface area contributed by atoms with Crippen LogP contribution in [0.15, 0.2) is 54.6 Å². The molecule has 0 aliphatic carbocycles. The van der Waals surface area contributed by atoms with Crippen molar-refractivity contribution >= 4 is 5.97 Å². The number of aliphatic carboxylic acids is 1. The summed E-state index contributed by atoms with van der Waals surface area (Å²) in [5, 5.41) is 19.9. The summed E-state index contributed by atoms with van der Waals surface area (Å²) >= 11 is 0. The van der Waals surface area contributed by atoms with Crippen LogP contribution in [0, 0.1) is 17.3 Å². The highest BCUT2D eigenvalue weighted by atomic mass is 16.5. The van der Waals surface area contributed by atoms with E-state index >= 15 is 0 Å². The number of aliphatic hydroxyl groups is 1. The van der Waals surface area contributed by atoms with E-state index in [1.165, 1.54) is 0 Å². The molecule has 6 atom stereocenters. The second kappa shape index (κ2) is 9.93. The van der Waals surface area contributed by atoms with Gasteiger partial charge in [0.25, 0.3) is 0 Å². The molecule has 2 heterocycles. The van der Waals surface area contributed by atoms with E-state index in [9.17, 15) is 15.0 Å². The van der Waals surface area contributed by atoms with Crippen LogP contribution in [0.25, 0.3) is 0 Å². The van der Waals surface area contributed by atoms with Crippen LogP contribution in [0.1, 0.15) is 64.4 Å². The highest BCUT2D eigenvalue weighted by molar-refractivity contribution is 5.73. The lowest BCUT2D eigenvalue weighted by Crippen LogP contribution is -2.26. The Morgan fingerprint density at radius 3 is 2.60 bits per heavy atom. The average Bonchev–Trinajstić information content (AvgIpc) is 3.33. The Bertz CT molecular complexity index is 752. The topological polar surface area (TPSA) is 66.8 Å². The van der Waals surface area contributed by atoms with Crippen molar-refractivity contribution in [1.29, 1.82) is 0 Å². The first-order valence-corrected chi connectivity index (χ1v) is 11.2. The predicted octanol–water partition coefficient (Wildman–Crippen LogP) is 5.34. The number of aliphatic hydroxyl groups excluding tert-OH is 1. The molecule has 0 amide bonds. The minimum absolute atomic E-state index is 0.0536. The molecule has 2 bridgehead atoms. The maximum atomic E-state index is 11.2. The number of allylic oxidation sites excluding steroid dienone is 2. The number of fused-ring (bicyclic) bond motifs is 2. The van der Waals surface area contributed by atoms with Crippen LogP contribution in [0.3, 0.4) is 0 Å². The van der Waals surface area contributed by atoms with Gasteiger partial charge in [0, 0.05) is 11.8 Å². The number of hydrogen-bond acceptors (Lipinski definition) is 3. The van der Waals surface area contributed by atoms with Gasteiger partial charge in [-0.25, -0.2) is 0 Å². The van der Waals surface area contributed by atoms with Gasteiger partial charge in [-0.1, -0.05) is 61.6 Å². The summed E-state index contributed by atoms with van der Waals surface area (Å²) in [5.74, 6) is 0.0771. The Labute approximate surface area is 180 Å². The van der Waals surface area contributed by atoms with Crippen LogP contribution in [0.4, 0.5) is 0 Å². The molecule has 0 unspecified atom stereocenters. The maximum absolute atomic E-state index is 11.2. The lowest BCUT2D eigenvalue weighted by molar-refractivity contribution is -0.147. The van der Waals surface area contributed by atoms with Crippen LogP contribution in [-0.4, -0.2) is 34.5 Å². The molecule has 4 nitrogen and oxygen atoms in total. The van der Waals surface area contributed by atoms with Crippen molar-refractivity contribution in [3.8, 4) is 0 Å².